The molecule has 0 atom stereocenters. The van der Waals surface area contributed by atoms with Crippen molar-refractivity contribution in [3.63, 3.8) is 0 Å². The molecule has 8 nitrogen and oxygen atoms in total. The molecule has 0 aliphatic heterocycles. The van der Waals surface area contributed by atoms with E-state index in [1.54, 1.807) is 30.8 Å². The number of halogens is 1. The number of amides is 1. The lowest BCUT2D eigenvalue weighted by Crippen LogP contribution is -2.17. The number of hydrazone groups is 1. The molecule has 0 aliphatic carbocycles. The van der Waals surface area contributed by atoms with Gasteiger partial charge in [-0.1, -0.05) is 36.0 Å². The smallest absolute Gasteiger partial charge is 0.264 e. The highest BCUT2D eigenvalue weighted by molar-refractivity contribution is 7.99. The monoisotopic (exact) mass is 445 g/mol. The van der Waals surface area contributed by atoms with Crippen molar-refractivity contribution in [2.45, 2.75) is 17.0 Å². The third-order valence-electron chi connectivity index (χ3n) is 3.96. The average molecular weight is 446 g/mol. The van der Waals surface area contributed by atoms with E-state index < -0.39 is 0 Å². The molecule has 2 aromatic carbocycles. The number of nitrogen functional groups attached to an aromatic ring is 1. The number of thioether (sulfide) groups is 2. The number of carbonyl (C=O) groups is 1. The fourth-order valence-electron chi connectivity index (χ4n) is 2.41. The van der Waals surface area contributed by atoms with E-state index in [-0.39, 0.29) is 23.4 Å². The zero-order valence-electron chi connectivity index (χ0n) is 16.3. The van der Waals surface area contributed by atoms with Crippen LogP contribution in [0.4, 0.5) is 16.0 Å². The summed E-state index contributed by atoms with van der Waals surface area (Å²) in [7, 11) is 0. The van der Waals surface area contributed by atoms with Crippen LogP contribution in [0.2, 0.25) is 0 Å². The lowest BCUT2D eigenvalue weighted by atomic mass is 10.1. The average Bonchev–Trinajstić information content (AvgIpc) is 3.11. The SMILES string of the molecule is CSc1ccccc1NC(=O)CSc1nnc(N/N=C(\C)c2ccc(F)cc2)n1N. The highest BCUT2D eigenvalue weighted by atomic mass is 32.2. The summed E-state index contributed by atoms with van der Waals surface area (Å²) in [4.78, 5) is 13.2. The van der Waals surface area contributed by atoms with Crippen molar-refractivity contribution in [3.8, 4) is 0 Å². The number of nitrogens with one attached hydrogen (secondary N) is 2. The first-order valence-electron chi connectivity index (χ1n) is 8.80. The van der Waals surface area contributed by atoms with Crippen molar-refractivity contribution in [3.05, 3.63) is 59.9 Å². The van der Waals surface area contributed by atoms with Gasteiger partial charge in [0, 0.05) is 4.90 Å². The Morgan fingerprint density at radius 3 is 2.67 bits per heavy atom. The van der Waals surface area contributed by atoms with Gasteiger partial charge in [0.1, 0.15) is 5.82 Å². The van der Waals surface area contributed by atoms with E-state index in [0.717, 1.165) is 27.9 Å². The number of para-hydroxylation sites is 1. The van der Waals surface area contributed by atoms with E-state index in [2.05, 4.69) is 26.0 Å². The molecule has 1 amide bonds. The van der Waals surface area contributed by atoms with Gasteiger partial charge in [0.25, 0.3) is 5.95 Å². The zero-order chi connectivity index (χ0) is 21.5. The van der Waals surface area contributed by atoms with Crippen LogP contribution in [0.3, 0.4) is 0 Å². The second-order valence-corrected chi connectivity index (χ2v) is 7.82. The van der Waals surface area contributed by atoms with Crippen molar-refractivity contribution in [2.24, 2.45) is 5.10 Å². The van der Waals surface area contributed by atoms with E-state index in [1.165, 1.54) is 16.8 Å². The minimum atomic E-state index is -0.316. The van der Waals surface area contributed by atoms with Crippen LogP contribution in [-0.4, -0.2) is 38.5 Å². The number of hydrogen-bond acceptors (Lipinski definition) is 8. The lowest BCUT2D eigenvalue weighted by Gasteiger charge is -2.09. The minimum Gasteiger partial charge on any atom is -0.334 e. The maximum Gasteiger partial charge on any atom is 0.264 e. The van der Waals surface area contributed by atoms with Crippen LogP contribution in [-0.2, 0) is 4.79 Å². The van der Waals surface area contributed by atoms with Gasteiger partial charge in [-0.05, 0) is 43.0 Å². The predicted molar refractivity (Wildman–Crippen MR) is 120 cm³/mol. The summed E-state index contributed by atoms with van der Waals surface area (Å²) in [6.07, 6.45) is 1.95. The second-order valence-electron chi connectivity index (χ2n) is 6.03. The third-order valence-corrected chi connectivity index (χ3v) is 5.70. The van der Waals surface area contributed by atoms with Crippen molar-refractivity contribution in [2.75, 3.05) is 28.6 Å². The molecule has 0 bridgehead atoms. The van der Waals surface area contributed by atoms with Crippen molar-refractivity contribution in [1.29, 1.82) is 0 Å². The normalized spacial score (nSPS) is 11.4. The molecular weight excluding hydrogens is 425 g/mol. The van der Waals surface area contributed by atoms with Gasteiger partial charge in [-0.25, -0.2) is 14.5 Å². The number of aromatic nitrogens is 3. The van der Waals surface area contributed by atoms with E-state index in [4.69, 9.17) is 5.84 Å². The van der Waals surface area contributed by atoms with Crippen molar-refractivity contribution in [1.82, 2.24) is 14.9 Å². The number of benzene rings is 2. The van der Waals surface area contributed by atoms with E-state index in [1.807, 2.05) is 30.5 Å². The summed E-state index contributed by atoms with van der Waals surface area (Å²) in [5.74, 6) is 5.83. The quantitative estimate of drug-likeness (QED) is 0.211. The van der Waals surface area contributed by atoms with E-state index in [0.29, 0.717) is 10.9 Å². The van der Waals surface area contributed by atoms with Gasteiger partial charge in [-0.3, -0.25) is 4.79 Å². The summed E-state index contributed by atoms with van der Waals surface area (Å²) >= 11 is 2.71. The lowest BCUT2D eigenvalue weighted by molar-refractivity contribution is -0.113. The van der Waals surface area contributed by atoms with Crippen LogP contribution in [0.1, 0.15) is 12.5 Å². The molecule has 0 saturated carbocycles. The first-order valence-corrected chi connectivity index (χ1v) is 11.0. The molecule has 0 aliphatic rings. The van der Waals surface area contributed by atoms with Crippen LogP contribution in [0, 0.1) is 5.82 Å². The zero-order valence-corrected chi connectivity index (χ0v) is 17.9. The molecule has 0 saturated heterocycles. The van der Waals surface area contributed by atoms with Crippen molar-refractivity contribution >= 4 is 46.8 Å². The van der Waals surface area contributed by atoms with E-state index >= 15 is 0 Å². The number of carbonyl (C=O) groups excluding carboxylic acids is 1. The second kappa shape index (κ2) is 10.1. The highest BCUT2D eigenvalue weighted by Gasteiger charge is 2.13. The fourth-order valence-corrected chi connectivity index (χ4v) is 3.62. The van der Waals surface area contributed by atoms with E-state index in [9.17, 15) is 9.18 Å². The van der Waals surface area contributed by atoms with Crippen molar-refractivity contribution < 1.29 is 9.18 Å². The van der Waals surface area contributed by atoms with Gasteiger partial charge < -0.3 is 11.2 Å². The van der Waals surface area contributed by atoms with Crippen LogP contribution >= 0.6 is 23.5 Å². The van der Waals surface area contributed by atoms with Gasteiger partial charge in [-0.15, -0.1) is 22.0 Å². The molecule has 0 fully saturated rings. The molecule has 0 unspecified atom stereocenters. The molecule has 0 radical (unpaired) electrons. The fraction of sp³-hybridized carbons (Fsp3) is 0.158. The molecule has 11 heteroatoms. The molecule has 0 spiro atoms. The number of nitrogens with zero attached hydrogens (tertiary/aromatic N) is 4. The first-order chi connectivity index (χ1) is 14.5. The summed E-state index contributed by atoms with van der Waals surface area (Å²) in [6, 6.07) is 13.5. The Labute approximate surface area is 181 Å². The van der Waals surface area contributed by atoms with Gasteiger partial charge in [0.2, 0.25) is 11.1 Å². The minimum absolute atomic E-state index is 0.121. The summed E-state index contributed by atoms with van der Waals surface area (Å²) in [6.45, 7) is 1.77. The van der Waals surface area contributed by atoms with Gasteiger partial charge in [0.05, 0.1) is 17.2 Å². The maximum atomic E-state index is 13.0. The highest BCUT2D eigenvalue weighted by Crippen LogP contribution is 2.25. The Kier molecular flexibility index (Phi) is 7.31. The van der Waals surface area contributed by atoms with Crippen LogP contribution in [0.25, 0.3) is 0 Å². The summed E-state index contributed by atoms with van der Waals surface area (Å²) in [5.41, 5.74) is 4.87. The Hall–Kier alpha value is -3.05. The van der Waals surface area contributed by atoms with Gasteiger partial charge >= 0.3 is 0 Å². The standard InChI is InChI=1S/C19H20FN7OS2/c1-12(13-7-9-14(20)10-8-13)23-24-18-25-26-19(27(18)21)30-11-17(28)22-15-5-3-4-6-16(15)29-2/h3-10H,11,21H2,1-2H3,(H,22,28)(H,24,25)/b23-12+. The summed E-state index contributed by atoms with van der Waals surface area (Å²) < 4.78 is 14.2. The Bertz CT molecular complexity index is 1050. The molecule has 156 valence electrons. The first kappa shape index (κ1) is 21.7. The number of hydrogen-bond donors (Lipinski definition) is 3. The topological polar surface area (TPSA) is 110 Å². The molecule has 3 aromatic rings. The third kappa shape index (κ3) is 5.51. The predicted octanol–water partition coefficient (Wildman–Crippen LogP) is 3.42. The molecule has 1 aromatic heterocycles. The Morgan fingerprint density at radius 2 is 1.93 bits per heavy atom. The number of nitrogens with two attached hydrogens (primary N) is 1. The molecule has 4 N–H and O–H groups in total. The molecule has 1 heterocycles. The van der Waals surface area contributed by atoms with Crippen LogP contribution in [0.5, 0.6) is 0 Å². The molecular formula is C19H20FN7OS2. The van der Waals surface area contributed by atoms with Crippen LogP contribution in [0.15, 0.2) is 63.7 Å². The Morgan fingerprint density at radius 1 is 1.20 bits per heavy atom. The van der Waals surface area contributed by atoms with Gasteiger partial charge in [0.15, 0.2) is 0 Å². The number of rotatable bonds is 8. The molecule has 30 heavy (non-hydrogen) atoms. The Balaban J connectivity index is 1.58. The maximum absolute atomic E-state index is 13.0. The largest absolute Gasteiger partial charge is 0.334 e. The summed E-state index contributed by atoms with van der Waals surface area (Å²) in [5, 5.41) is 15.3. The number of anilines is 2. The molecule has 3 rings (SSSR count). The van der Waals surface area contributed by atoms with Crippen LogP contribution < -0.4 is 16.6 Å². The van der Waals surface area contributed by atoms with Gasteiger partial charge in [-0.2, -0.15) is 5.10 Å².